The van der Waals surface area contributed by atoms with E-state index in [1.165, 1.54) is 25.7 Å². The number of aliphatic hydroxyl groups excluding tert-OH is 1. The Balaban J connectivity index is 1.90. The van der Waals surface area contributed by atoms with Crippen LogP contribution >= 0.6 is 0 Å². The van der Waals surface area contributed by atoms with Crippen molar-refractivity contribution in [2.24, 2.45) is 0 Å². The summed E-state index contributed by atoms with van der Waals surface area (Å²) in [6.45, 7) is 7.77. The van der Waals surface area contributed by atoms with Crippen LogP contribution in [0, 0.1) is 0 Å². The van der Waals surface area contributed by atoms with Crippen LogP contribution < -0.4 is 0 Å². The zero-order chi connectivity index (χ0) is 14.8. The van der Waals surface area contributed by atoms with E-state index < -0.39 is 5.79 Å². The molecule has 1 unspecified atom stereocenters. The molecule has 0 radical (unpaired) electrons. The van der Waals surface area contributed by atoms with Crippen molar-refractivity contribution in [3.63, 3.8) is 0 Å². The van der Waals surface area contributed by atoms with Gasteiger partial charge in [-0.3, -0.25) is 0 Å². The fraction of sp³-hybridized carbons (Fsp3) is 1.00. The van der Waals surface area contributed by atoms with Gasteiger partial charge in [-0.2, -0.15) is 0 Å². The summed E-state index contributed by atoms with van der Waals surface area (Å²) in [6, 6.07) is 0. The Labute approximate surface area is 123 Å². The van der Waals surface area contributed by atoms with Crippen LogP contribution in [0.15, 0.2) is 0 Å². The van der Waals surface area contributed by atoms with Gasteiger partial charge < -0.3 is 19.3 Å². The van der Waals surface area contributed by atoms with E-state index in [-0.39, 0.29) is 12.2 Å². The molecule has 1 aliphatic rings. The molecule has 2 atom stereocenters. The Morgan fingerprint density at radius 1 is 1.20 bits per heavy atom. The van der Waals surface area contributed by atoms with Crippen molar-refractivity contribution in [1.29, 1.82) is 0 Å². The molecule has 1 N–H and O–H groups in total. The minimum absolute atomic E-state index is 0.0242. The molecule has 0 amide bonds. The van der Waals surface area contributed by atoms with Crippen molar-refractivity contribution in [1.82, 2.24) is 0 Å². The zero-order valence-electron chi connectivity index (χ0n) is 13.4. The van der Waals surface area contributed by atoms with Crippen LogP contribution in [-0.2, 0) is 14.2 Å². The molecule has 4 nitrogen and oxygen atoms in total. The second-order valence-corrected chi connectivity index (χ2v) is 6.17. The Bertz CT molecular complexity index is 243. The molecule has 0 aromatic rings. The number of unbranched alkanes of at least 4 members (excludes halogenated alkanes) is 4. The van der Waals surface area contributed by atoms with E-state index in [4.69, 9.17) is 14.2 Å². The molecule has 0 bridgehead atoms. The molecule has 0 spiro atoms. The fourth-order valence-corrected chi connectivity index (χ4v) is 2.41. The highest BCUT2D eigenvalue weighted by Crippen LogP contribution is 2.22. The monoisotopic (exact) mass is 288 g/mol. The van der Waals surface area contributed by atoms with Gasteiger partial charge in [0.15, 0.2) is 5.79 Å². The average molecular weight is 288 g/mol. The smallest absolute Gasteiger partial charge is 0.163 e. The summed E-state index contributed by atoms with van der Waals surface area (Å²) in [6.07, 6.45) is 7.61. The minimum Gasteiger partial charge on any atom is -0.393 e. The lowest BCUT2D eigenvalue weighted by atomic mass is 10.1. The molecule has 0 aliphatic carbocycles. The maximum absolute atomic E-state index is 9.84. The molecule has 1 heterocycles. The summed E-state index contributed by atoms with van der Waals surface area (Å²) >= 11 is 0. The van der Waals surface area contributed by atoms with Gasteiger partial charge in [-0.1, -0.05) is 39.0 Å². The first kappa shape index (κ1) is 17.9. The fourth-order valence-electron chi connectivity index (χ4n) is 2.41. The predicted octanol–water partition coefficient (Wildman–Crippen LogP) is 3.27. The van der Waals surface area contributed by atoms with Crippen LogP contribution in [0.5, 0.6) is 0 Å². The summed E-state index contributed by atoms with van der Waals surface area (Å²) in [4.78, 5) is 0. The van der Waals surface area contributed by atoms with E-state index >= 15 is 0 Å². The highest BCUT2D eigenvalue weighted by atomic mass is 16.7. The maximum Gasteiger partial charge on any atom is 0.163 e. The van der Waals surface area contributed by atoms with E-state index in [9.17, 15) is 5.11 Å². The molecular weight excluding hydrogens is 256 g/mol. The highest BCUT2D eigenvalue weighted by Gasteiger charge is 2.32. The lowest BCUT2D eigenvalue weighted by molar-refractivity contribution is -0.145. The predicted molar refractivity (Wildman–Crippen MR) is 79.7 cm³/mol. The van der Waals surface area contributed by atoms with E-state index in [0.29, 0.717) is 26.2 Å². The third kappa shape index (κ3) is 8.20. The second kappa shape index (κ2) is 9.72. The lowest BCUT2D eigenvalue weighted by Gasteiger charge is -2.17. The third-order valence-corrected chi connectivity index (χ3v) is 3.61. The normalized spacial score (nSPS) is 23.1. The molecule has 20 heavy (non-hydrogen) atoms. The first-order chi connectivity index (χ1) is 9.53. The van der Waals surface area contributed by atoms with Gasteiger partial charge in [0.25, 0.3) is 0 Å². The van der Waals surface area contributed by atoms with Crippen molar-refractivity contribution in [2.75, 3.05) is 19.8 Å². The molecule has 0 saturated carbocycles. The first-order valence-electron chi connectivity index (χ1n) is 8.11. The molecule has 120 valence electrons. The summed E-state index contributed by atoms with van der Waals surface area (Å²) < 4.78 is 16.7. The number of hydrogen-bond donors (Lipinski definition) is 1. The molecule has 1 rings (SSSR count). The van der Waals surface area contributed by atoms with Crippen molar-refractivity contribution < 1.29 is 19.3 Å². The number of ether oxygens (including phenoxy) is 3. The van der Waals surface area contributed by atoms with Crippen LogP contribution in [0.2, 0.25) is 0 Å². The van der Waals surface area contributed by atoms with Gasteiger partial charge in [0.1, 0.15) is 6.10 Å². The summed E-state index contributed by atoms with van der Waals surface area (Å²) in [5.41, 5.74) is 0. The molecular formula is C16H32O4. The van der Waals surface area contributed by atoms with Crippen molar-refractivity contribution in [3.8, 4) is 0 Å². The number of rotatable bonds is 11. The van der Waals surface area contributed by atoms with E-state index in [1.807, 2.05) is 13.8 Å². The van der Waals surface area contributed by atoms with Crippen LogP contribution in [-0.4, -0.2) is 42.9 Å². The molecule has 1 aliphatic heterocycles. The topological polar surface area (TPSA) is 47.9 Å². The van der Waals surface area contributed by atoms with E-state index in [1.54, 1.807) is 0 Å². The number of aliphatic hydroxyl groups is 1. The first-order valence-corrected chi connectivity index (χ1v) is 8.11. The maximum atomic E-state index is 9.84. The van der Waals surface area contributed by atoms with Crippen molar-refractivity contribution in [2.45, 2.75) is 83.7 Å². The molecule has 0 aromatic heterocycles. The quantitative estimate of drug-likeness (QED) is 0.593. The molecule has 1 fully saturated rings. The summed E-state index contributed by atoms with van der Waals surface area (Å²) in [5, 5.41) is 9.84. The largest absolute Gasteiger partial charge is 0.393 e. The van der Waals surface area contributed by atoms with E-state index in [2.05, 4.69) is 6.92 Å². The van der Waals surface area contributed by atoms with Gasteiger partial charge in [0.05, 0.1) is 19.3 Å². The Hall–Kier alpha value is -0.160. The third-order valence-electron chi connectivity index (χ3n) is 3.61. The van der Waals surface area contributed by atoms with Crippen LogP contribution in [0.1, 0.15) is 65.7 Å². The van der Waals surface area contributed by atoms with Crippen molar-refractivity contribution in [3.05, 3.63) is 0 Å². The van der Waals surface area contributed by atoms with Gasteiger partial charge >= 0.3 is 0 Å². The van der Waals surface area contributed by atoms with Gasteiger partial charge in [0, 0.05) is 6.61 Å². The molecule has 4 heteroatoms. The highest BCUT2D eigenvalue weighted by molar-refractivity contribution is 4.70. The lowest BCUT2D eigenvalue weighted by Crippen LogP contribution is -2.24. The van der Waals surface area contributed by atoms with Crippen LogP contribution in [0.25, 0.3) is 0 Å². The number of hydrogen-bond acceptors (Lipinski definition) is 4. The Kier molecular flexibility index (Phi) is 8.69. The van der Waals surface area contributed by atoms with Crippen LogP contribution in [0.3, 0.4) is 0 Å². The zero-order valence-corrected chi connectivity index (χ0v) is 13.4. The van der Waals surface area contributed by atoms with Gasteiger partial charge in [-0.25, -0.2) is 0 Å². The molecule has 1 saturated heterocycles. The standard InChI is InChI=1S/C16H32O4/c1-4-5-6-7-8-9-14(17)10-11-18-12-15-13-19-16(2,3)20-15/h14-15,17H,4-13H2,1-3H3/t14-,15?/m1/s1. The minimum atomic E-state index is -0.480. The second-order valence-electron chi connectivity index (χ2n) is 6.17. The Morgan fingerprint density at radius 3 is 2.60 bits per heavy atom. The van der Waals surface area contributed by atoms with Gasteiger partial charge in [-0.05, 0) is 26.7 Å². The summed E-state index contributed by atoms with van der Waals surface area (Å²) in [7, 11) is 0. The van der Waals surface area contributed by atoms with Crippen molar-refractivity contribution >= 4 is 0 Å². The van der Waals surface area contributed by atoms with Gasteiger partial charge in [0.2, 0.25) is 0 Å². The molecule has 0 aromatic carbocycles. The average Bonchev–Trinajstić information content (AvgIpc) is 2.74. The SMILES string of the molecule is CCCCCCC[C@@H](O)CCOCC1COC(C)(C)O1. The van der Waals surface area contributed by atoms with Crippen LogP contribution in [0.4, 0.5) is 0 Å². The summed E-state index contributed by atoms with van der Waals surface area (Å²) in [5.74, 6) is -0.480. The van der Waals surface area contributed by atoms with Gasteiger partial charge in [-0.15, -0.1) is 0 Å². The Morgan fingerprint density at radius 2 is 1.95 bits per heavy atom. The van der Waals surface area contributed by atoms with E-state index in [0.717, 1.165) is 12.8 Å².